The molecule has 0 aliphatic carbocycles. The lowest BCUT2D eigenvalue weighted by Gasteiger charge is -2.03. The molecule has 0 radical (unpaired) electrons. The zero-order valence-electron chi connectivity index (χ0n) is 10.7. The molecule has 1 aromatic carbocycles. The third-order valence-corrected chi connectivity index (χ3v) is 2.58. The highest BCUT2D eigenvalue weighted by Crippen LogP contribution is 2.11. The molecule has 0 saturated carbocycles. The molecule has 2 rings (SSSR count). The molecule has 0 unspecified atom stereocenters. The molecule has 0 fully saturated rings. The topological polar surface area (TPSA) is 79.5 Å². The lowest BCUT2D eigenvalue weighted by Crippen LogP contribution is -2.00. The largest absolute Gasteiger partial charge is 0.478 e. The lowest BCUT2D eigenvalue weighted by atomic mass is 10.2. The highest BCUT2D eigenvalue weighted by Gasteiger charge is 2.03. The van der Waals surface area contributed by atoms with Gasteiger partial charge in [-0.05, 0) is 25.1 Å². The number of aromatic nitrogens is 2. The minimum absolute atomic E-state index is 0.222. The summed E-state index contributed by atoms with van der Waals surface area (Å²) in [5.74, 6) is -0.961. The molecular weight excluding hydrogens is 244 g/mol. The van der Waals surface area contributed by atoms with Crippen molar-refractivity contribution < 1.29 is 9.90 Å². The first-order chi connectivity index (χ1) is 9.06. The van der Waals surface area contributed by atoms with Crippen LogP contribution in [0.2, 0.25) is 0 Å². The van der Waals surface area contributed by atoms with Crippen LogP contribution in [-0.4, -0.2) is 26.6 Å². The zero-order chi connectivity index (χ0) is 13.8. The maximum Gasteiger partial charge on any atom is 0.335 e. The Bertz CT molecular complexity index is 631. The molecule has 0 atom stereocenters. The van der Waals surface area contributed by atoms with Gasteiger partial charge in [0, 0.05) is 18.8 Å². The quantitative estimate of drug-likeness (QED) is 0.649. The van der Waals surface area contributed by atoms with Gasteiger partial charge in [0.05, 0.1) is 23.2 Å². The number of anilines is 1. The summed E-state index contributed by atoms with van der Waals surface area (Å²) < 4.78 is 1.69. The molecule has 1 heterocycles. The highest BCUT2D eigenvalue weighted by molar-refractivity contribution is 5.98. The molecule has 0 bridgehead atoms. The summed E-state index contributed by atoms with van der Waals surface area (Å²) in [5.41, 5.74) is 5.36. The van der Waals surface area contributed by atoms with E-state index in [2.05, 4.69) is 15.6 Å². The van der Waals surface area contributed by atoms with Gasteiger partial charge in [0.1, 0.15) is 0 Å². The van der Waals surface area contributed by atoms with Gasteiger partial charge in [-0.1, -0.05) is 6.07 Å². The highest BCUT2D eigenvalue weighted by atomic mass is 16.4. The number of hydrogen-bond acceptors (Lipinski definition) is 4. The van der Waals surface area contributed by atoms with Gasteiger partial charge in [-0.3, -0.25) is 10.1 Å². The Labute approximate surface area is 110 Å². The molecule has 0 aliphatic rings. The van der Waals surface area contributed by atoms with Crippen LogP contribution in [0.3, 0.4) is 0 Å². The van der Waals surface area contributed by atoms with E-state index in [1.54, 1.807) is 23.0 Å². The maximum atomic E-state index is 10.8. The fraction of sp³-hybridized carbons (Fsp3) is 0.154. The number of hydrogen-bond donors (Lipinski definition) is 2. The molecule has 2 N–H and O–H groups in total. The minimum Gasteiger partial charge on any atom is -0.478 e. The van der Waals surface area contributed by atoms with Gasteiger partial charge in [0.25, 0.3) is 0 Å². The predicted octanol–water partition coefficient (Wildman–Crippen LogP) is 1.95. The molecule has 6 nitrogen and oxygen atoms in total. The third-order valence-electron chi connectivity index (χ3n) is 2.58. The van der Waals surface area contributed by atoms with E-state index in [4.69, 9.17) is 5.11 Å². The van der Waals surface area contributed by atoms with Crippen LogP contribution >= 0.6 is 0 Å². The van der Waals surface area contributed by atoms with Gasteiger partial charge < -0.3 is 5.11 Å². The molecule has 0 amide bonds. The molecule has 1 aromatic heterocycles. The van der Waals surface area contributed by atoms with Crippen LogP contribution in [0.5, 0.6) is 0 Å². The van der Waals surface area contributed by atoms with E-state index < -0.39 is 5.97 Å². The Morgan fingerprint density at radius 2 is 2.21 bits per heavy atom. The van der Waals surface area contributed by atoms with E-state index in [9.17, 15) is 4.79 Å². The van der Waals surface area contributed by atoms with E-state index in [1.807, 2.05) is 20.2 Å². The Morgan fingerprint density at radius 1 is 1.42 bits per heavy atom. The normalized spacial score (nSPS) is 11.4. The van der Waals surface area contributed by atoms with Crippen LogP contribution in [0.25, 0.3) is 0 Å². The van der Waals surface area contributed by atoms with Crippen molar-refractivity contribution in [3.63, 3.8) is 0 Å². The van der Waals surface area contributed by atoms with E-state index in [1.165, 1.54) is 12.1 Å². The number of nitrogens with one attached hydrogen (secondary N) is 1. The van der Waals surface area contributed by atoms with Crippen molar-refractivity contribution in [3.05, 3.63) is 47.8 Å². The van der Waals surface area contributed by atoms with Crippen LogP contribution in [0, 0.1) is 0 Å². The van der Waals surface area contributed by atoms with Crippen molar-refractivity contribution in [2.75, 3.05) is 5.43 Å². The number of rotatable bonds is 4. The standard InChI is InChI=1S/C13H14N4O2/c1-9(11-7-14-17(2)8-11)15-16-12-5-3-4-10(6-12)13(18)19/h3-8,16H,1-2H3,(H,18,19). The molecule has 0 aliphatic heterocycles. The Balaban J connectivity index is 2.13. The molecule has 0 saturated heterocycles. The minimum atomic E-state index is -0.961. The smallest absolute Gasteiger partial charge is 0.335 e. The SMILES string of the molecule is CC(=NNc1cccc(C(=O)O)c1)c1cnn(C)c1. The van der Waals surface area contributed by atoms with Crippen molar-refractivity contribution in [1.29, 1.82) is 0 Å². The second kappa shape index (κ2) is 5.34. The van der Waals surface area contributed by atoms with Gasteiger partial charge in [-0.2, -0.15) is 10.2 Å². The fourth-order valence-corrected chi connectivity index (χ4v) is 1.54. The van der Waals surface area contributed by atoms with Gasteiger partial charge in [-0.25, -0.2) is 4.79 Å². The van der Waals surface area contributed by atoms with Crippen LogP contribution < -0.4 is 5.43 Å². The molecule has 0 spiro atoms. The first-order valence-electron chi connectivity index (χ1n) is 5.69. The van der Waals surface area contributed by atoms with Crippen LogP contribution in [0.1, 0.15) is 22.8 Å². The van der Waals surface area contributed by atoms with Crippen LogP contribution in [0.15, 0.2) is 41.8 Å². The summed E-state index contributed by atoms with van der Waals surface area (Å²) in [5, 5.41) is 17.2. The van der Waals surface area contributed by atoms with Crippen molar-refractivity contribution in [2.24, 2.45) is 12.1 Å². The number of carbonyl (C=O) groups is 1. The zero-order valence-corrected chi connectivity index (χ0v) is 10.7. The summed E-state index contributed by atoms with van der Waals surface area (Å²) in [6, 6.07) is 6.49. The van der Waals surface area contributed by atoms with Crippen molar-refractivity contribution >= 4 is 17.4 Å². The summed E-state index contributed by atoms with van der Waals surface area (Å²) in [6.45, 7) is 1.85. The third kappa shape index (κ3) is 3.19. The number of carboxylic acids is 1. The maximum absolute atomic E-state index is 10.8. The van der Waals surface area contributed by atoms with Crippen molar-refractivity contribution in [1.82, 2.24) is 9.78 Å². The lowest BCUT2D eigenvalue weighted by molar-refractivity contribution is 0.0697. The van der Waals surface area contributed by atoms with Crippen LogP contribution in [0.4, 0.5) is 5.69 Å². The summed E-state index contributed by atoms with van der Waals surface area (Å²) in [4.78, 5) is 10.8. The number of nitrogens with zero attached hydrogens (tertiary/aromatic N) is 3. The van der Waals surface area contributed by atoms with E-state index in [0.717, 1.165) is 11.3 Å². The molecular formula is C13H14N4O2. The van der Waals surface area contributed by atoms with Gasteiger partial charge in [0.15, 0.2) is 0 Å². The van der Waals surface area contributed by atoms with Gasteiger partial charge in [-0.15, -0.1) is 0 Å². The molecule has 19 heavy (non-hydrogen) atoms. The van der Waals surface area contributed by atoms with Gasteiger partial charge >= 0.3 is 5.97 Å². The van der Waals surface area contributed by atoms with Crippen molar-refractivity contribution in [3.8, 4) is 0 Å². The average Bonchev–Trinajstić information content (AvgIpc) is 2.83. The number of aryl methyl sites for hydroxylation is 1. The summed E-state index contributed by atoms with van der Waals surface area (Å²) >= 11 is 0. The molecule has 6 heteroatoms. The summed E-state index contributed by atoms with van der Waals surface area (Å²) in [7, 11) is 1.83. The van der Waals surface area contributed by atoms with Crippen LogP contribution in [-0.2, 0) is 7.05 Å². The monoisotopic (exact) mass is 258 g/mol. The number of aromatic carboxylic acids is 1. The first-order valence-corrected chi connectivity index (χ1v) is 5.69. The molecule has 98 valence electrons. The Hall–Kier alpha value is -2.63. The summed E-state index contributed by atoms with van der Waals surface area (Å²) in [6.07, 6.45) is 3.57. The van der Waals surface area contributed by atoms with E-state index in [0.29, 0.717) is 5.69 Å². The van der Waals surface area contributed by atoms with Gasteiger partial charge in [0.2, 0.25) is 0 Å². The first kappa shape index (κ1) is 12.8. The van der Waals surface area contributed by atoms with Crippen molar-refractivity contribution in [2.45, 2.75) is 6.92 Å². The number of hydrazone groups is 1. The van der Waals surface area contributed by atoms with E-state index >= 15 is 0 Å². The second-order valence-electron chi connectivity index (χ2n) is 4.10. The Kier molecular flexibility index (Phi) is 3.61. The second-order valence-corrected chi connectivity index (χ2v) is 4.10. The Morgan fingerprint density at radius 3 is 2.84 bits per heavy atom. The number of benzene rings is 1. The predicted molar refractivity (Wildman–Crippen MR) is 72.4 cm³/mol. The fourth-order valence-electron chi connectivity index (χ4n) is 1.54. The number of carboxylic acid groups (broad SMARTS) is 1. The molecule has 2 aromatic rings. The average molecular weight is 258 g/mol. The van der Waals surface area contributed by atoms with E-state index in [-0.39, 0.29) is 5.56 Å².